The molecule has 0 saturated carbocycles. The second-order valence-electron chi connectivity index (χ2n) is 20.6. The summed E-state index contributed by atoms with van der Waals surface area (Å²) >= 11 is 0. The van der Waals surface area contributed by atoms with Crippen LogP contribution in [0.25, 0.3) is 4.29 Å². The van der Waals surface area contributed by atoms with Crippen LogP contribution >= 0.6 is 0 Å². The number of rotatable bonds is 35. The molecule has 7 amide bonds. The monoisotopic (exact) mass is 1200 g/mol. The second-order valence-corrected chi connectivity index (χ2v) is 20.6. The van der Waals surface area contributed by atoms with E-state index in [-0.39, 0.29) is 114 Å². The summed E-state index contributed by atoms with van der Waals surface area (Å²) < 4.78 is 27.1. The molecule has 472 valence electrons. The number of carbonyl (C=O) groups is 9. The Hall–Kier alpha value is -8.40. The summed E-state index contributed by atoms with van der Waals surface area (Å²) in [6.07, 6.45) is 4.26. The van der Waals surface area contributed by atoms with E-state index in [1.165, 1.54) is 12.1 Å². The van der Waals surface area contributed by atoms with Crippen LogP contribution in [0.15, 0.2) is 83.9 Å². The van der Waals surface area contributed by atoms with E-state index in [2.05, 4.69) is 57.5 Å². The molecular weight excluding hydrogens is 1110 g/mol. The largest absolute Gasteiger partial charge is 0.508 e. The average Bonchev–Trinajstić information content (AvgIpc) is 2.63. The van der Waals surface area contributed by atoms with Gasteiger partial charge in [-0.05, 0) is 79.5 Å². The van der Waals surface area contributed by atoms with Gasteiger partial charge in [-0.3, -0.25) is 68.3 Å². The Morgan fingerprint density at radius 1 is 0.593 bits per heavy atom. The molecule has 0 aromatic heterocycles. The first kappa shape index (κ1) is 65.1. The number of phenolic OH excluding ortho intramolecular Hbond substituents is 1. The van der Waals surface area contributed by atoms with Gasteiger partial charge in [-0.15, -0.1) is 0 Å². The van der Waals surface area contributed by atoms with E-state index in [1.54, 1.807) is 52.0 Å². The van der Waals surface area contributed by atoms with Gasteiger partial charge in [0, 0.05) is 104 Å². The van der Waals surface area contributed by atoms with Crippen molar-refractivity contribution in [2.75, 3.05) is 118 Å². The molecule has 1 aliphatic heterocycles. The zero-order valence-electron chi connectivity index (χ0n) is 52.0. The lowest BCUT2D eigenvalue weighted by Crippen LogP contribution is -2.49. The Bertz CT molecular complexity index is 2690. The lowest BCUT2D eigenvalue weighted by Gasteiger charge is -2.32. The normalized spacial score (nSPS) is 15.0. The van der Waals surface area contributed by atoms with Crippen LogP contribution in [0.2, 0.25) is 0 Å². The zero-order chi connectivity index (χ0) is 64.6. The molecule has 86 heavy (non-hydrogen) atoms. The fourth-order valence-electron chi connectivity index (χ4n) is 9.14. The van der Waals surface area contributed by atoms with E-state index in [4.69, 9.17) is 14.8 Å². The maximum Gasteiger partial charge on any atom is 0.321 e. The van der Waals surface area contributed by atoms with E-state index < -0.39 is 47.7 Å². The standard InChI is InChI=1S/C59H87N13O14/c1-2-49(74)63-26-27-65-59(85)68-58(60)64-25-12-17-48(56(83)66-38-43-19-21-46(73)22-20-43)67-57(84)55(44-13-5-3-6-14-44)45-15-11-16-47(37-45)86-36-10-9-24-61-50(75)18-7-4-8-23-62-51(76)39-69-28-30-70(40-52(77)78)32-34-72(42-54(81)82)35-33-71(31-29-69)41-53(79)80/h3,5-6,11,13-16,19-22,37,48,55,73H,2,4,7-10,12,17-18,23-36,38-42H2,1H3,(H,61,75)(H,62,76)(H,63,74)(H,66,83)(H,67,84)(H,77,78)(H,79,80)(H,81,82)(H4,60,64,65,68,85)/t48-,55?/m1/s1/i/hD3. The highest BCUT2D eigenvalue weighted by Gasteiger charge is 2.29. The van der Waals surface area contributed by atoms with Crippen LogP contribution in [0.4, 0.5) is 4.79 Å². The smallest absolute Gasteiger partial charge is 0.321 e. The number of carboxylic acid groups (broad SMARTS) is 3. The van der Waals surface area contributed by atoms with Crippen LogP contribution in [0.1, 0.15) is 87.3 Å². The first-order chi connectivity index (χ1) is 43.0. The Labute approximate surface area is 506 Å². The summed E-state index contributed by atoms with van der Waals surface area (Å²) in [6, 6.07) is 21.0. The first-order valence-corrected chi connectivity index (χ1v) is 29.1. The summed E-state index contributed by atoms with van der Waals surface area (Å²) in [4.78, 5) is 125. The number of phenols is 1. The third-order valence-corrected chi connectivity index (χ3v) is 13.8. The summed E-state index contributed by atoms with van der Waals surface area (Å²) in [5.74, 6) is -4.14. The fourth-order valence-corrected chi connectivity index (χ4v) is 9.14. The van der Waals surface area contributed by atoms with E-state index in [0.717, 1.165) is 5.56 Å². The van der Waals surface area contributed by atoms with Crippen molar-refractivity contribution in [2.24, 2.45) is 10.7 Å². The molecule has 0 spiro atoms. The summed E-state index contributed by atoms with van der Waals surface area (Å²) in [7, 11) is 0. The molecule has 1 aliphatic rings. The quantitative estimate of drug-likeness (QED) is 0.0219. The number of aromatic hydroxyl groups is 1. The number of guanidine groups is 1. The highest BCUT2D eigenvalue weighted by Crippen LogP contribution is 2.28. The predicted octanol–water partition coefficient (Wildman–Crippen LogP) is 0.673. The number of benzene rings is 3. The molecule has 1 unspecified atom stereocenters. The molecule has 4 rings (SSSR count). The number of nitrogens with one attached hydrogen (secondary N) is 7. The Morgan fingerprint density at radius 3 is 1.76 bits per heavy atom. The predicted molar refractivity (Wildman–Crippen MR) is 320 cm³/mol. The molecule has 1 saturated heterocycles. The van der Waals surface area contributed by atoms with E-state index in [9.17, 15) is 48.3 Å². The van der Waals surface area contributed by atoms with Crippen molar-refractivity contribution in [2.45, 2.75) is 83.2 Å². The fraction of sp³-hybridized carbons (Fsp3) is 0.525. The number of nitrogens with zero attached hydrogens (tertiary/aromatic N) is 5. The minimum absolute atomic E-state index is 0.00424. The number of amides is 7. The number of unbranched alkanes of at least 4 members (excludes halogenated alkanes) is 3. The molecule has 0 radical (unpaired) electrons. The van der Waals surface area contributed by atoms with Gasteiger partial charge in [0.15, 0.2) is 5.96 Å². The molecule has 3 aromatic carbocycles. The molecule has 13 N–H and O–H groups in total. The molecular formula is C59H87N13O14. The van der Waals surface area contributed by atoms with Gasteiger partial charge in [0.2, 0.25) is 29.5 Å². The minimum atomic E-state index is -1.01. The third-order valence-electron chi connectivity index (χ3n) is 13.8. The molecule has 27 nitrogen and oxygen atoms in total. The van der Waals surface area contributed by atoms with Gasteiger partial charge in [0.05, 0.1) is 38.7 Å². The summed E-state index contributed by atoms with van der Waals surface area (Å²) in [5.41, 5.74) is 7.96. The van der Waals surface area contributed by atoms with Gasteiger partial charge in [-0.2, -0.15) is 0 Å². The number of nitrogens with two attached hydrogens (primary N) is 1. The number of ether oxygens (including phenoxy) is 1. The average molecular weight is 1210 g/mol. The van der Waals surface area contributed by atoms with Crippen molar-refractivity contribution in [1.82, 2.24) is 56.8 Å². The molecule has 3 aromatic rings. The summed E-state index contributed by atoms with van der Waals surface area (Å²) in [6.45, 7) is 5.23. The van der Waals surface area contributed by atoms with Crippen LogP contribution in [0.3, 0.4) is 0 Å². The topological polar surface area (TPSA) is 379 Å². The van der Waals surface area contributed by atoms with Gasteiger partial charge in [-0.1, -0.05) is 67.9 Å². The van der Waals surface area contributed by atoms with E-state index in [1.807, 2.05) is 41.3 Å². The first-order valence-electron chi connectivity index (χ1n) is 30.4. The van der Waals surface area contributed by atoms with Gasteiger partial charge < -0.3 is 62.8 Å². The number of hydrogen-bond donors (Lipinski definition) is 12. The molecule has 2 atom stereocenters. The number of carbonyl (C=O) groups excluding carboxylic acids is 6. The second kappa shape index (κ2) is 40.0. The van der Waals surface area contributed by atoms with E-state index >= 15 is 0 Å². The Balaban J connectivity index is 1.22. The van der Waals surface area contributed by atoms with Crippen LogP contribution in [-0.4, -0.2) is 223 Å². The zero-order valence-corrected chi connectivity index (χ0v) is 49.0. The number of carboxylic acids is 3. The molecule has 27 heteroatoms. The maximum absolute atomic E-state index is 14.5. The number of urea groups is 1. The van der Waals surface area contributed by atoms with Crippen LogP contribution < -0.4 is 47.7 Å². The van der Waals surface area contributed by atoms with E-state index in [0.29, 0.717) is 114 Å². The highest BCUT2D eigenvalue weighted by atomic mass is 16.5. The van der Waals surface area contributed by atoms with Gasteiger partial charge in [0.1, 0.15) is 17.5 Å². The SMILES string of the molecule is [2H]OC(=O)CN1CCN(CC(=O)NCCCCCC(=O)NCCCCOc2cccc(C(C(=O)N[C@H](CCCN=C(N)NC(=O)NCCNC(=O)CC)C(=O)NCc3ccc(O)cc3)c3ccccc3)c2)CCN(CC(=O)O[2H])CCN(CC(=O)O[2H])CC1. The molecule has 1 heterocycles. The minimum Gasteiger partial charge on any atom is -0.508 e. The number of aliphatic carboxylic acids is 3. The van der Waals surface area contributed by atoms with Crippen molar-refractivity contribution < 1.29 is 68.3 Å². The van der Waals surface area contributed by atoms with Gasteiger partial charge in [-0.25, -0.2) is 4.79 Å². The maximum atomic E-state index is 14.5. The third kappa shape index (κ3) is 29.9. The Kier molecular flexibility index (Phi) is 30.3. The summed E-state index contributed by atoms with van der Waals surface area (Å²) in [5, 5.41) is 41.5. The lowest BCUT2D eigenvalue weighted by molar-refractivity contribution is -0.140. The molecule has 0 bridgehead atoms. The number of hydrogen-bond acceptors (Lipinski definition) is 19. The molecule has 0 aliphatic carbocycles. The van der Waals surface area contributed by atoms with Crippen LogP contribution in [0.5, 0.6) is 11.5 Å². The Morgan fingerprint density at radius 2 is 1.15 bits per heavy atom. The molecule has 1 fully saturated rings. The highest BCUT2D eigenvalue weighted by molar-refractivity contribution is 5.95. The van der Waals surface area contributed by atoms with Crippen molar-refractivity contribution in [3.05, 3.63) is 95.6 Å². The number of aliphatic imine (C=N–C) groups is 1. The lowest BCUT2D eigenvalue weighted by atomic mass is 9.90. The van der Waals surface area contributed by atoms with Gasteiger partial charge in [0.25, 0.3) is 4.29 Å². The van der Waals surface area contributed by atoms with Crippen molar-refractivity contribution in [3.8, 4) is 11.5 Å². The van der Waals surface area contributed by atoms with Crippen LogP contribution in [-0.2, 0) is 44.9 Å². The van der Waals surface area contributed by atoms with Crippen molar-refractivity contribution in [1.29, 1.82) is 4.29 Å². The van der Waals surface area contributed by atoms with Gasteiger partial charge >= 0.3 is 23.9 Å². The van der Waals surface area contributed by atoms with Crippen molar-refractivity contribution in [3.63, 3.8) is 0 Å². The van der Waals surface area contributed by atoms with Crippen LogP contribution in [0, 0.1) is 0 Å². The van der Waals surface area contributed by atoms with Crippen molar-refractivity contribution >= 4 is 59.4 Å².